The monoisotopic (exact) mass is 335 g/mol. The largest absolute Gasteiger partial charge is 0.496 e. The van der Waals surface area contributed by atoms with Crippen molar-refractivity contribution in [2.24, 2.45) is 0 Å². The molecule has 2 aromatic carbocycles. The molecule has 0 amide bonds. The van der Waals surface area contributed by atoms with Gasteiger partial charge in [0, 0.05) is 12.1 Å². The summed E-state index contributed by atoms with van der Waals surface area (Å²) in [5, 5.41) is 0. The topological polar surface area (TPSA) is 64.6 Å². The lowest BCUT2D eigenvalue weighted by Crippen LogP contribution is -2.23. The summed E-state index contributed by atoms with van der Waals surface area (Å²) in [4.78, 5) is 0.198. The van der Waals surface area contributed by atoms with Gasteiger partial charge in [-0.15, -0.1) is 0 Å². The van der Waals surface area contributed by atoms with Gasteiger partial charge >= 0.3 is 0 Å². The second kappa shape index (κ2) is 7.48. The minimum Gasteiger partial charge on any atom is -0.496 e. The Morgan fingerprint density at radius 2 is 1.70 bits per heavy atom. The third-order valence-corrected chi connectivity index (χ3v) is 4.57. The molecule has 0 fully saturated rings. The van der Waals surface area contributed by atoms with Crippen molar-refractivity contribution in [1.82, 2.24) is 4.72 Å². The summed E-state index contributed by atoms with van der Waals surface area (Å²) in [5.74, 6) is 1.29. The number of methoxy groups -OCH3 is 1. The van der Waals surface area contributed by atoms with Gasteiger partial charge in [0.15, 0.2) is 0 Å². The molecule has 0 unspecified atom stereocenters. The molecule has 23 heavy (non-hydrogen) atoms. The van der Waals surface area contributed by atoms with Crippen molar-refractivity contribution in [3.63, 3.8) is 0 Å². The van der Waals surface area contributed by atoms with Gasteiger partial charge in [-0.05, 0) is 44.2 Å². The first-order valence-corrected chi connectivity index (χ1v) is 8.79. The zero-order valence-corrected chi connectivity index (χ0v) is 14.3. The fraction of sp³-hybridized carbons (Fsp3) is 0.294. The van der Waals surface area contributed by atoms with E-state index in [-0.39, 0.29) is 17.5 Å². The van der Waals surface area contributed by atoms with E-state index in [1.807, 2.05) is 32.0 Å². The predicted octanol–water partition coefficient (Wildman–Crippen LogP) is 2.96. The molecule has 124 valence electrons. The highest BCUT2D eigenvalue weighted by Gasteiger charge is 2.15. The van der Waals surface area contributed by atoms with E-state index in [0.29, 0.717) is 11.5 Å². The number of nitrogens with one attached hydrogen (secondary N) is 1. The lowest BCUT2D eigenvalue weighted by atomic mass is 10.2. The number of ether oxygens (including phenoxy) is 2. The van der Waals surface area contributed by atoms with Crippen molar-refractivity contribution in [2.75, 3.05) is 7.11 Å². The molecule has 5 nitrogen and oxygen atoms in total. The maximum absolute atomic E-state index is 12.3. The van der Waals surface area contributed by atoms with Crippen LogP contribution in [-0.2, 0) is 16.6 Å². The van der Waals surface area contributed by atoms with E-state index in [1.54, 1.807) is 25.3 Å². The van der Waals surface area contributed by atoms with Crippen LogP contribution < -0.4 is 14.2 Å². The van der Waals surface area contributed by atoms with Crippen molar-refractivity contribution >= 4 is 10.0 Å². The van der Waals surface area contributed by atoms with Gasteiger partial charge in [0.1, 0.15) is 11.5 Å². The summed E-state index contributed by atoms with van der Waals surface area (Å²) in [5.41, 5.74) is 0.776. The Hall–Kier alpha value is -2.05. The SMILES string of the molecule is COc1ccccc1CNS(=O)(=O)c1ccc(OC(C)C)cc1. The number of hydrogen-bond acceptors (Lipinski definition) is 4. The predicted molar refractivity (Wildman–Crippen MR) is 89.2 cm³/mol. The first kappa shape index (κ1) is 17.3. The van der Waals surface area contributed by atoms with Crippen LogP contribution in [0.3, 0.4) is 0 Å². The van der Waals surface area contributed by atoms with E-state index in [0.717, 1.165) is 5.56 Å². The number of benzene rings is 2. The normalized spacial score (nSPS) is 11.5. The molecule has 0 aliphatic heterocycles. The van der Waals surface area contributed by atoms with Gasteiger partial charge in [-0.3, -0.25) is 0 Å². The van der Waals surface area contributed by atoms with Crippen molar-refractivity contribution in [3.05, 3.63) is 54.1 Å². The molecule has 2 rings (SSSR count). The zero-order valence-electron chi connectivity index (χ0n) is 13.4. The van der Waals surface area contributed by atoms with Crippen molar-refractivity contribution < 1.29 is 17.9 Å². The van der Waals surface area contributed by atoms with Gasteiger partial charge in [-0.1, -0.05) is 18.2 Å². The number of para-hydroxylation sites is 1. The molecule has 0 atom stereocenters. The van der Waals surface area contributed by atoms with Crippen molar-refractivity contribution in [3.8, 4) is 11.5 Å². The average Bonchev–Trinajstić information content (AvgIpc) is 2.53. The van der Waals surface area contributed by atoms with Crippen LogP contribution in [0.1, 0.15) is 19.4 Å². The number of hydrogen-bond donors (Lipinski definition) is 1. The van der Waals surface area contributed by atoms with Crippen LogP contribution in [-0.4, -0.2) is 21.6 Å². The van der Waals surface area contributed by atoms with Gasteiger partial charge in [0.25, 0.3) is 0 Å². The molecule has 0 spiro atoms. The van der Waals surface area contributed by atoms with E-state index >= 15 is 0 Å². The maximum Gasteiger partial charge on any atom is 0.240 e. The van der Waals surface area contributed by atoms with Gasteiger partial charge < -0.3 is 9.47 Å². The van der Waals surface area contributed by atoms with E-state index < -0.39 is 10.0 Å². The quantitative estimate of drug-likeness (QED) is 0.845. The van der Waals surface area contributed by atoms with Crippen LogP contribution >= 0.6 is 0 Å². The van der Waals surface area contributed by atoms with Gasteiger partial charge in [-0.25, -0.2) is 13.1 Å². The molecule has 1 N–H and O–H groups in total. The molecule has 0 bridgehead atoms. The Bertz CT molecular complexity index is 739. The highest BCUT2D eigenvalue weighted by Crippen LogP contribution is 2.20. The summed E-state index contributed by atoms with van der Waals surface area (Å²) < 4.78 is 38.0. The summed E-state index contributed by atoms with van der Waals surface area (Å²) in [7, 11) is -2.03. The Morgan fingerprint density at radius 1 is 1.04 bits per heavy atom. The molecule has 0 saturated heterocycles. The molecule has 2 aromatic rings. The highest BCUT2D eigenvalue weighted by molar-refractivity contribution is 7.89. The zero-order chi connectivity index (χ0) is 16.9. The minimum atomic E-state index is -3.59. The second-order valence-corrected chi connectivity index (χ2v) is 7.04. The smallest absolute Gasteiger partial charge is 0.240 e. The highest BCUT2D eigenvalue weighted by atomic mass is 32.2. The van der Waals surface area contributed by atoms with Crippen LogP contribution in [0.2, 0.25) is 0 Å². The molecule has 0 aliphatic rings. The minimum absolute atomic E-state index is 0.0427. The summed E-state index contributed by atoms with van der Waals surface area (Å²) in [6.45, 7) is 4.00. The average molecular weight is 335 g/mol. The maximum atomic E-state index is 12.3. The van der Waals surface area contributed by atoms with Crippen LogP contribution in [0.5, 0.6) is 11.5 Å². The molecule has 0 saturated carbocycles. The summed E-state index contributed by atoms with van der Waals surface area (Å²) in [6, 6.07) is 13.6. The molecule has 0 radical (unpaired) electrons. The van der Waals surface area contributed by atoms with Gasteiger partial charge in [-0.2, -0.15) is 0 Å². The molecular formula is C17H21NO4S. The molecule has 6 heteroatoms. The van der Waals surface area contributed by atoms with E-state index in [2.05, 4.69) is 4.72 Å². The van der Waals surface area contributed by atoms with Crippen LogP contribution in [0.4, 0.5) is 0 Å². The fourth-order valence-electron chi connectivity index (χ4n) is 2.07. The van der Waals surface area contributed by atoms with Gasteiger partial charge in [0.05, 0.1) is 18.1 Å². The summed E-state index contributed by atoms with van der Waals surface area (Å²) >= 11 is 0. The molecule has 0 heterocycles. The second-order valence-electron chi connectivity index (χ2n) is 5.27. The number of sulfonamides is 1. The molecular weight excluding hydrogens is 314 g/mol. The summed E-state index contributed by atoms with van der Waals surface area (Å²) in [6.07, 6.45) is 0.0427. The number of rotatable bonds is 7. The van der Waals surface area contributed by atoms with Crippen LogP contribution in [0.15, 0.2) is 53.4 Å². The lowest BCUT2D eigenvalue weighted by molar-refractivity contribution is 0.242. The Labute approximate surface area is 137 Å². The Balaban J connectivity index is 2.09. The van der Waals surface area contributed by atoms with Crippen LogP contribution in [0.25, 0.3) is 0 Å². The standard InChI is InChI=1S/C17H21NO4S/c1-13(2)22-15-8-10-16(11-9-15)23(19,20)18-12-14-6-4-5-7-17(14)21-3/h4-11,13,18H,12H2,1-3H3. The fourth-order valence-corrected chi connectivity index (χ4v) is 3.08. The van der Waals surface area contributed by atoms with E-state index in [1.165, 1.54) is 12.1 Å². The van der Waals surface area contributed by atoms with Crippen LogP contribution in [0, 0.1) is 0 Å². The Kier molecular flexibility index (Phi) is 5.63. The van der Waals surface area contributed by atoms with Crippen molar-refractivity contribution in [2.45, 2.75) is 31.4 Å². The van der Waals surface area contributed by atoms with E-state index in [4.69, 9.17) is 9.47 Å². The molecule has 0 aromatic heterocycles. The lowest BCUT2D eigenvalue weighted by Gasteiger charge is -2.12. The van der Waals surface area contributed by atoms with Gasteiger partial charge in [0.2, 0.25) is 10.0 Å². The third kappa shape index (κ3) is 4.71. The van der Waals surface area contributed by atoms with E-state index in [9.17, 15) is 8.42 Å². The van der Waals surface area contributed by atoms with Crippen molar-refractivity contribution in [1.29, 1.82) is 0 Å². The first-order chi connectivity index (χ1) is 10.9. The molecule has 0 aliphatic carbocycles. The Morgan fingerprint density at radius 3 is 2.30 bits per heavy atom. The third-order valence-electron chi connectivity index (χ3n) is 3.15. The first-order valence-electron chi connectivity index (χ1n) is 7.30.